The maximum absolute atomic E-state index is 15.3. The number of nitrogens with one attached hydrogen (secondary N) is 4. The lowest BCUT2D eigenvalue weighted by Crippen LogP contribution is -2.58. The molecule has 5 N–H and O–H groups in total. The van der Waals surface area contributed by atoms with Gasteiger partial charge in [0.2, 0.25) is 23.7 Å². The monoisotopic (exact) mass is 1010 g/mol. The first kappa shape index (κ1) is 53.5. The second-order valence-electron chi connectivity index (χ2n) is 17.3. The number of carbonyl (C=O) groups excluding carboxylic acids is 3. The molecule has 0 spiro atoms. The Hall–Kier alpha value is -5.88. The number of amides is 3. The summed E-state index contributed by atoms with van der Waals surface area (Å²) in [5.41, 5.74) is 4.58. The molecule has 1 fully saturated rings. The SMILES string of the molecule is Cc1ncsc1-c1ccc(CNC(=O)C2CC(O)CN2C(=O)C(NC(=O)COCCOCCOCCOCCOc2cc(F)cc(CNc3nc(Nc4cnn(C)c4)ncc3Cl)c2F)C(C)(C)C)cc1. The van der Waals surface area contributed by atoms with Gasteiger partial charge in [-0.3, -0.25) is 19.1 Å². The molecule has 3 atom stereocenters. The first-order valence-corrected chi connectivity index (χ1v) is 23.8. The summed E-state index contributed by atoms with van der Waals surface area (Å²) in [6.45, 7) is 8.39. The van der Waals surface area contributed by atoms with E-state index in [4.69, 9.17) is 35.3 Å². The number of aliphatic hydroxyl groups is 1. The maximum Gasteiger partial charge on any atom is 0.246 e. The van der Waals surface area contributed by atoms with Crippen LogP contribution >= 0.6 is 22.9 Å². The van der Waals surface area contributed by atoms with Crippen LogP contribution in [0.4, 0.5) is 26.2 Å². The third kappa shape index (κ3) is 15.8. The Morgan fingerprint density at radius 1 is 0.943 bits per heavy atom. The number of benzene rings is 2. The number of aliphatic hydroxyl groups excluding tert-OH is 1. The third-order valence-electron chi connectivity index (χ3n) is 10.8. The van der Waals surface area contributed by atoms with Gasteiger partial charge in [-0.15, -0.1) is 11.3 Å². The molecule has 19 nitrogen and oxygen atoms in total. The van der Waals surface area contributed by atoms with Gasteiger partial charge in [-0.25, -0.2) is 18.7 Å². The summed E-state index contributed by atoms with van der Waals surface area (Å²) in [5.74, 6) is -2.66. The van der Waals surface area contributed by atoms with Crippen LogP contribution in [0.2, 0.25) is 5.02 Å². The van der Waals surface area contributed by atoms with Gasteiger partial charge >= 0.3 is 0 Å². The van der Waals surface area contributed by atoms with Gasteiger partial charge < -0.3 is 55.0 Å². The van der Waals surface area contributed by atoms with Gasteiger partial charge in [0.15, 0.2) is 17.4 Å². The second-order valence-corrected chi connectivity index (χ2v) is 18.6. The van der Waals surface area contributed by atoms with Gasteiger partial charge in [-0.05, 0) is 29.5 Å². The van der Waals surface area contributed by atoms with Crippen molar-refractivity contribution in [3.8, 4) is 16.2 Å². The summed E-state index contributed by atoms with van der Waals surface area (Å²) in [5, 5.41) is 26.4. The Bertz CT molecular complexity index is 2510. The van der Waals surface area contributed by atoms with Crippen LogP contribution in [0.3, 0.4) is 0 Å². The molecule has 3 unspecified atom stereocenters. The highest BCUT2D eigenvalue weighted by Gasteiger charge is 2.44. The zero-order chi connectivity index (χ0) is 50.2. The van der Waals surface area contributed by atoms with E-state index in [1.165, 1.54) is 11.1 Å². The number of β-amino-alcohol motifs (C(OH)–C–C–N with tert-alkyl or cyclic N) is 1. The average molecular weight is 1010 g/mol. The number of carbonyl (C=O) groups is 3. The molecule has 3 aromatic heterocycles. The Labute approximate surface area is 413 Å². The van der Waals surface area contributed by atoms with Crippen molar-refractivity contribution in [2.24, 2.45) is 12.5 Å². The van der Waals surface area contributed by atoms with E-state index in [0.717, 1.165) is 33.8 Å². The summed E-state index contributed by atoms with van der Waals surface area (Å²) >= 11 is 7.80. The number of rotatable bonds is 26. The molecule has 3 amide bonds. The molecule has 0 saturated carbocycles. The van der Waals surface area contributed by atoms with E-state index in [2.05, 4.69) is 41.3 Å². The van der Waals surface area contributed by atoms with Gasteiger partial charge in [-0.1, -0.05) is 56.6 Å². The van der Waals surface area contributed by atoms with Gasteiger partial charge in [0.25, 0.3) is 0 Å². The van der Waals surface area contributed by atoms with E-state index in [9.17, 15) is 23.9 Å². The minimum atomic E-state index is -0.996. The number of halogens is 3. The van der Waals surface area contributed by atoms with Crippen molar-refractivity contribution < 1.29 is 52.0 Å². The number of hydrogen-bond acceptors (Lipinski definition) is 16. The minimum absolute atomic E-state index is 0.00547. The molecular weight excluding hydrogens is 954 g/mol. The standard InChI is InChI=1S/C47H59ClF2N10O9S/c1-29-41(70-28-54-29)31-8-6-30(7-9-31)21-52-44(63)37-20-35(61)26-60(37)45(64)42(47(2,3)4)57-39(62)27-68-15-14-66-11-10-65-12-13-67-16-17-69-38-19-33(49)18-32(40(38)50)22-51-43-36(48)24-53-46(58-43)56-34-23-55-59(5)25-34/h6-9,18-19,23-25,28,35,37,42,61H,10-17,20-22,26-27H2,1-5H3,(H,52,63)(H,57,62)(H2,51,53,56,58). The van der Waals surface area contributed by atoms with Crippen LogP contribution in [0.15, 0.2) is 60.5 Å². The van der Waals surface area contributed by atoms with Crippen LogP contribution in [-0.2, 0) is 53.5 Å². The highest BCUT2D eigenvalue weighted by Crippen LogP contribution is 2.29. The van der Waals surface area contributed by atoms with Crippen molar-refractivity contribution in [1.29, 1.82) is 0 Å². The topological polar surface area (TPSA) is 225 Å². The van der Waals surface area contributed by atoms with Gasteiger partial charge in [0, 0.05) is 50.9 Å². The van der Waals surface area contributed by atoms with E-state index < -0.39 is 53.0 Å². The Kier molecular flexibility index (Phi) is 19.7. The molecule has 1 saturated heterocycles. The van der Waals surface area contributed by atoms with E-state index in [1.54, 1.807) is 61.7 Å². The molecule has 5 aromatic rings. The smallest absolute Gasteiger partial charge is 0.246 e. The summed E-state index contributed by atoms with van der Waals surface area (Å²) in [7, 11) is 1.76. The Morgan fingerprint density at radius 3 is 2.27 bits per heavy atom. The summed E-state index contributed by atoms with van der Waals surface area (Å²) in [6, 6.07) is 7.90. The van der Waals surface area contributed by atoms with E-state index in [1.807, 2.05) is 31.2 Å². The number of likely N-dealkylation sites (tertiary alicyclic amines) is 1. The number of anilines is 3. The first-order chi connectivity index (χ1) is 33.5. The van der Waals surface area contributed by atoms with Crippen molar-refractivity contribution in [3.05, 3.63) is 94.0 Å². The van der Waals surface area contributed by atoms with Crippen molar-refractivity contribution in [1.82, 2.24) is 40.3 Å². The fourth-order valence-corrected chi connectivity index (χ4v) is 8.18. The second kappa shape index (κ2) is 25.8. The summed E-state index contributed by atoms with van der Waals surface area (Å²) in [6.07, 6.45) is 3.88. The number of aryl methyl sites for hydroxylation is 2. The number of nitrogens with zero attached hydrogens (tertiary/aromatic N) is 6. The molecule has 0 bridgehead atoms. The average Bonchev–Trinajstić information content (AvgIpc) is 4.07. The molecule has 378 valence electrons. The predicted molar refractivity (Wildman–Crippen MR) is 258 cm³/mol. The molecule has 70 heavy (non-hydrogen) atoms. The molecule has 0 radical (unpaired) electrons. The number of aromatic nitrogens is 5. The van der Waals surface area contributed by atoms with E-state index in [-0.39, 0.29) is 114 Å². The van der Waals surface area contributed by atoms with E-state index in [0.29, 0.717) is 5.69 Å². The molecule has 1 aliphatic rings. The fraction of sp³-hybridized carbons (Fsp3) is 0.468. The molecule has 6 rings (SSSR count). The maximum atomic E-state index is 15.3. The zero-order valence-corrected chi connectivity index (χ0v) is 41.2. The summed E-state index contributed by atoms with van der Waals surface area (Å²) < 4.78 is 58.8. The number of ether oxygens (including phenoxy) is 5. The lowest BCUT2D eigenvalue weighted by molar-refractivity contribution is -0.144. The Balaban J connectivity index is 0.812. The van der Waals surface area contributed by atoms with Crippen molar-refractivity contribution in [2.45, 2.75) is 65.4 Å². The fourth-order valence-electron chi connectivity index (χ4n) is 7.22. The third-order valence-corrected chi connectivity index (χ3v) is 12.0. The van der Waals surface area contributed by atoms with Crippen LogP contribution in [0.5, 0.6) is 5.75 Å². The lowest BCUT2D eigenvalue weighted by atomic mass is 9.85. The van der Waals surface area contributed by atoms with Crippen LogP contribution in [0, 0.1) is 24.0 Å². The number of hydrogen-bond donors (Lipinski definition) is 5. The highest BCUT2D eigenvalue weighted by atomic mass is 35.5. The van der Waals surface area contributed by atoms with Crippen LogP contribution in [0.1, 0.15) is 44.0 Å². The molecular formula is C47H59ClF2N10O9S. The quantitative estimate of drug-likeness (QED) is 0.0450. The van der Waals surface area contributed by atoms with Crippen molar-refractivity contribution in [2.75, 3.05) is 76.6 Å². The molecule has 0 aliphatic carbocycles. The molecule has 4 heterocycles. The largest absolute Gasteiger partial charge is 0.488 e. The summed E-state index contributed by atoms with van der Waals surface area (Å²) in [4.78, 5) is 55.4. The molecule has 1 aliphatic heterocycles. The zero-order valence-electron chi connectivity index (χ0n) is 39.6. The highest BCUT2D eigenvalue weighted by molar-refractivity contribution is 7.13. The number of thiazole rings is 1. The van der Waals surface area contributed by atoms with Gasteiger partial charge in [-0.2, -0.15) is 10.1 Å². The van der Waals surface area contributed by atoms with Gasteiger partial charge in [0.1, 0.15) is 36.1 Å². The van der Waals surface area contributed by atoms with Crippen LogP contribution in [0.25, 0.3) is 10.4 Å². The van der Waals surface area contributed by atoms with Crippen molar-refractivity contribution in [3.63, 3.8) is 0 Å². The van der Waals surface area contributed by atoms with Gasteiger partial charge in [0.05, 0.1) is 86.5 Å². The van der Waals surface area contributed by atoms with Crippen LogP contribution in [-0.4, -0.2) is 137 Å². The minimum Gasteiger partial charge on any atom is -0.488 e. The lowest BCUT2D eigenvalue weighted by Gasteiger charge is -2.35. The molecule has 23 heteroatoms. The first-order valence-electron chi connectivity index (χ1n) is 22.5. The van der Waals surface area contributed by atoms with Crippen molar-refractivity contribution >= 4 is 58.1 Å². The Morgan fingerprint density at radius 2 is 1.63 bits per heavy atom. The predicted octanol–water partition coefficient (Wildman–Crippen LogP) is 5.18. The normalized spacial score (nSPS) is 15.2. The van der Waals surface area contributed by atoms with Crippen LogP contribution < -0.4 is 26.0 Å². The van der Waals surface area contributed by atoms with E-state index >= 15 is 4.39 Å². The molecule has 2 aromatic carbocycles.